The lowest BCUT2D eigenvalue weighted by atomic mass is 9.75. The number of nitrogens with one attached hydrogen (secondary N) is 1. The summed E-state index contributed by atoms with van der Waals surface area (Å²) in [6.07, 6.45) is 3.52. The number of aryl methyl sites for hydroxylation is 1. The van der Waals surface area contributed by atoms with Gasteiger partial charge in [0.2, 0.25) is 0 Å². The van der Waals surface area contributed by atoms with E-state index in [-0.39, 0.29) is 11.4 Å². The lowest BCUT2D eigenvalue weighted by Crippen LogP contribution is -2.57. The molecule has 0 spiro atoms. The van der Waals surface area contributed by atoms with Gasteiger partial charge in [0.05, 0.1) is 5.69 Å². The second kappa shape index (κ2) is 4.85. The van der Waals surface area contributed by atoms with Crippen LogP contribution >= 0.6 is 11.3 Å². The third kappa shape index (κ3) is 2.35. The Morgan fingerprint density at radius 2 is 2.22 bits per heavy atom. The van der Waals surface area contributed by atoms with E-state index in [1.54, 1.807) is 0 Å². The quantitative estimate of drug-likeness (QED) is 0.862. The Labute approximate surface area is 111 Å². The number of amides is 1. The van der Waals surface area contributed by atoms with Crippen LogP contribution in [-0.4, -0.2) is 42.0 Å². The molecule has 1 aromatic rings. The van der Waals surface area contributed by atoms with Gasteiger partial charge in [-0.2, -0.15) is 0 Å². The Hall–Kier alpha value is -1.14. The zero-order valence-corrected chi connectivity index (χ0v) is 11.9. The first kappa shape index (κ1) is 13.3. The maximum absolute atomic E-state index is 12.1. The van der Waals surface area contributed by atoms with Crippen LogP contribution in [0.2, 0.25) is 0 Å². The Bertz CT molecular complexity index is 451. The van der Waals surface area contributed by atoms with Crippen LogP contribution in [0.15, 0.2) is 0 Å². The number of rotatable bonds is 4. The molecule has 0 radical (unpaired) electrons. The molecule has 1 aliphatic carbocycles. The number of likely N-dealkylation sites (N-methyl/N-ethyl adjacent to an activating group) is 1. The van der Waals surface area contributed by atoms with Crippen molar-refractivity contribution in [1.82, 2.24) is 15.2 Å². The second-order valence-electron chi connectivity index (χ2n) is 5.12. The molecular weight excluding hydrogens is 248 g/mol. The lowest BCUT2D eigenvalue weighted by Gasteiger charge is -2.47. The van der Waals surface area contributed by atoms with Crippen molar-refractivity contribution in [2.45, 2.75) is 31.7 Å². The number of aromatic nitrogens is 1. The molecule has 1 aromatic heterocycles. The molecule has 3 N–H and O–H groups in total. The molecule has 0 unspecified atom stereocenters. The monoisotopic (exact) mass is 268 g/mol. The van der Waals surface area contributed by atoms with Crippen molar-refractivity contribution >= 4 is 22.4 Å². The highest BCUT2D eigenvalue weighted by molar-refractivity contribution is 7.17. The number of nitrogens with zero attached hydrogens (tertiary/aromatic N) is 2. The van der Waals surface area contributed by atoms with E-state index in [9.17, 15) is 4.79 Å². The molecule has 5 nitrogen and oxygen atoms in total. The Kier molecular flexibility index (Phi) is 3.59. The highest BCUT2D eigenvalue weighted by Gasteiger charge is 2.39. The van der Waals surface area contributed by atoms with Crippen molar-refractivity contribution in [3.63, 3.8) is 0 Å². The van der Waals surface area contributed by atoms with Gasteiger partial charge >= 0.3 is 0 Å². The van der Waals surface area contributed by atoms with Gasteiger partial charge in [-0.05, 0) is 40.3 Å². The maximum Gasteiger partial charge on any atom is 0.263 e. The third-order valence-corrected chi connectivity index (χ3v) is 4.82. The third-order valence-electron chi connectivity index (χ3n) is 3.83. The fraction of sp³-hybridized carbons (Fsp3) is 0.667. The normalized spacial score (nSPS) is 17.6. The summed E-state index contributed by atoms with van der Waals surface area (Å²) in [5.41, 5.74) is 6.45. The lowest BCUT2D eigenvalue weighted by molar-refractivity contribution is 0.0558. The van der Waals surface area contributed by atoms with Crippen LogP contribution in [0.5, 0.6) is 0 Å². The first-order valence-electron chi connectivity index (χ1n) is 6.13. The van der Waals surface area contributed by atoms with Crippen LogP contribution in [0.4, 0.5) is 5.13 Å². The zero-order chi connectivity index (χ0) is 13.3. The minimum Gasteiger partial charge on any atom is -0.375 e. The summed E-state index contributed by atoms with van der Waals surface area (Å²) in [7, 11) is 4.14. The first-order valence-corrected chi connectivity index (χ1v) is 6.95. The van der Waals surface area contributed by atoms with Crippen LogP contribution in [0.1, 0.15) is 34.6 Å². The minimum absolute atomic E-state index is 0.0603. The summed E-state index contributed by atoms with van der Waals surface area (Å²) in [6, 6.07) is 0. The van der Waals surface area contributed by atoms with E-state index in [4.69, 9.17) is 5.73 Å². The molecule has 1 aliphatic rings. The predicted molar refractivity (Wildman–Crippen MR) is 73.9 cm³/mol. The SMILES string of the molecule is Cc1nc(N)sc1C(=O)NCC1(N(C)C)CCC1. The van der Waals surface area contributed by atoms with E-state index < -0.39 is 0 Å². The van der Waals surface area contributed by atoms with Gasteiger partial charge in [-0.15, -0.1) is 0 Å². The van der Waals surface area contributed by atoms with Gasteiger partial charge in [-0.1, -0.05) is 11.3 Å². The van der Waals surface area contributed by atoms with Gasteiger partial charge < -0.3 is 16.0 Å². The molecule has 2 rings (SSSR count). The van der Waals surface area contributed by atoms with E-state index in [1.807, 2.05) is 6.92 Å². The Morgan fingerprint density at radius 1 is 1.56 bits per heavy atom. The van der Waals surface area contributed by atoms with E-state index in [0.29, 0.717) is 22.2 Å². The largest absolute Gasteiger partial charge is 0.375 e. The van der Waals surface area contributed by atoms with Crippen molar-refractivity contribution in [3.8, 4) is 0 Å². The van der Waals surface area contributed by atoms with Gasteiger partial charge in [0.1, 0.15) is 4.88 Å². The smallest absolute Gasteiger partial charge is 0.263 e. The predicted octanol–water partition coefficient (Wildman–Crippen LogP) is 1.25. The van der Waals surface area contributed by atoms with Gasteiger partial charge in [-0.3, -0.25) is 4.79 Å². The number of nitrogens with two attached hydrogens (primary N) is 1. The van der Waals surface area contributed by atoms with Gasteiger partial charge in [-0.25, -0.2) is 4.98 Å². The molecule has 0 aromatic carbocycles. The summed E-state index contributed by atoms with van der Waals surface area (Å²) in [5, 5.41) is 3.46. The molecule has 1 amide bonds. The number of anilines is 1. The standard InChI is InChI=1S/C12H20N4OS/c1-8-9(18-11(13)15-8)10(17)14-7-12(16(2)3)5-4-6-12/h4-7H2,1-3H3,(H2,13,15)(H,14,17). The molecule has 18 heavy (non-hydrogen) atoms. The topological polar surface area (TPSA) is 71.2 Å². The van der Waals surface area contributed by atoms with E-state index in [0.717, 1.165) is 12.8 Å². The highest BCUT2D eigenvalue weighted by atomic mass is 32.1. The molecule has 100 valence electrons. The maximum atomic E-state index is 12.1. The molecule has 1 saturated carbocycles. The summed E-state index contributed by atoms with van der Waals surface area (Å²) in [4.78, 5) is 19.0. The van der Waals surface area contributed by atoms with Crippen LogP contribution in [0.3, 0.4) is 0 Å². The van der Waals surface area contributed by atoms with E-state index in [2.05, 4.69) is 29.3 Å². The average molecular weight is 268 g/mol. The van der Waals surface area contributed by atoms with Crippen LogP contribution in [0, 0.1) is 6.92 Å². The summed E-state index contributed by atoms with van der Waals surface area (Å²) < 4.78 is 0. The Balaban J connectivity index is 1.98. The number of thiazole rings is 1. The minimum atomic E-state index is -0.0603. The second-order valence-corrected chi connectivity index (χ2v) is 6.15. The van der Waals surface area contributed by atoms with Gasteiger partial charge in [0, 0.05) is 12.1 Å². The molecule has 1 heterocycles. The fourth-order valence-electron chi connectivity index (χ4n) is 2.32. The summed E-state index contributed by atoms with van der Waals surface area (Å²) in [6.45, 7) is 2.50. The zero-order valence-electron chi connectivity index (χ0n) is 11.1. The number of nitrogen functional groups attached to an aromatic ring is 1. The molecular formula is C12H20N4OS. The van der Waals surface area contributed by atoms with Crippen LogP contribution in [0.25, 0.3) is 0 Å². The van der Waals surface area contributed by atoms with Gasteiger partial charge in [0.15, 0.2) is 5.13 Å². The van der Waals surface area contributed by atoms with E-state index >= 15 is 0 Å². The number of carbonyl (C=O) groups excluding carboxylic acids is 1. The molecule has 6 heteroatoms. The Morgan fingerprint density at radius 3 is 2.61 bits per heavy atom. The van der Waals surface area contributed by atoms with Crippen molar-refractivity contribution in [1.29, 1.82) is 0 Å². The first-order chi connectivity index (χ1) is 8.44. The van der Waals surface area contributed by atoms with Crippen LogP contribution in [-0.2, 0) is 0 Å². The average Bonchev–Trinajstić information content (AvgIpc) is 2.55. The molecule has 0 saturated heterocycles. The number of hydrogen-bond donors (Lipinski definition) is 2. The van der Waals surface area contributed by atoms with Crippen molar-refractivity contribution in [2.24, 2.45) is 0 Å². The van der Waals surface area contributed by atoms with E-state index in [1.165, 1.54) is 17.8 Å². The summed E-state index contributed by atoms with van der Waals surface area (Å²) >= 11 is 1.25. The van der Waals surface area contributed by atoms with Crippen LogP contribution < -0.4 is 11.1 Å². The summed E-state index contributed by atoms with van der Waals surface area (Å²) in [5.74, 6) is -0.0603. The molecule has 0 aliphatic heterocycles. The fourth-order valence-corrected chi connectivity index (χ4v) is 3.07. The molecule has 0 bridgehead atoms. The van der Waals surface area contributed by atoms with Crippen molar-refractivity contribution < 1.29 is 4.79 Å². The number of hydrogen-bond acceptors (Lipinski definition) is 5. The molecule has 1 fully saturated rings. The van der Waals surface area contributed by atoms with Crippen molar-refractivity contribution in [2.75, 3.05) is 26.4 Å². The number of carbonyl (C=O) groups is 1. The molecule has 0 atom stereocenters. The van der Waals surface area contributed by atoms with Crippen molar-refractivity contribution in [3.05, 3.63) is 10.6 Å². The van der Waals surface area contributed by atoms with Gasteiger partial charge in [0.25, 0.3) is 5.91 Å². The highest BCUT2D eigenvalue weighted by Crippen LogP contribution is 2.35.